The van der Waals surface area contributed by atoms with Gasteiger partial charge in [0.25, 0.3) is 5.56 Å². The number of esters is 1. The maximum Gasteiger partial charge on any atom is 0.310 e. The first-order chi connectivity index (χ1) is 20.5. The third-order valence-electron chi connectivity index (χ3n) is 7.41. The fourth-order valence-electron chi connectivity index (χ4n) is 4.90. The van der Waals surface area contributed by atoms with Crippen molar-refractivity contribution in [3.8, 4) is 11.5 Å². The zero-order valence-corrected chi connectivity index (χ0v) is 26.7. The Morgan fingerprint density at radius 2 is 1.57 bits per heavy atom. The van der Waals surface area contributed by atoms with E-state index in [1.54, 1.807) is 21.1 Å². The van der Waals surface area contributed by atoms with Crippen LogP contribution in [0.25, 0.3) is 20.3 Å². The number of rotatable bonds is 20. The van der Waals surface area contributed by atoms with Gasteiger partial charge in [-0.15, -0.1) is 11.3 Å². The van der Waals surface area contributed by atoms with Crippen LogP contribution >= 0.6 is 11.3 Å². The standard InChI is InChI=1S/C34H48N2O5S/c1-5-6-7-8-9-10-11-12-13-14-15-16-17-18-19-20-21-41-34(38)26(2)24-36-25-35-31-27-22-28(39-3)29(40-4)23-30(27)42-32(31)33(36)37/h9-10,12-13,22-23,25-26H,5-8,11,14-21,24H2,1-4H3/b10-9-,13-12-/t26-/m0/s1. The molecule has 0 N–H and O–H groups in total. The molecule has 0 fully saturated rings. The van der Waals surface area contributed by atoms with Crippen molar-refractivity contribution >= 4 is 37.6 Å². The molecule has 8 heteroatoms. The van der Waals surface area contributed by atoms with Gasteiger partial charge in [-0.05, 0) is 44.6 Å². The Bertz CT molecular complexity index is 1370. The lowest BCUT2D eigenvalue weighted by Crippen LogP contribution is -2.27. The lowest BCUT2D eigenvalue weighted by atomic mass is 10.1. The molecule has 0 bridgehead atoms. The number of benzene rings is 1. The fraction of sp³-hybridized carbons (Fsp3) is 0.559. The van der Waals surface area contributed by atoms with Crippen LogP contribution in [-0.2, 0) is 16.1 Å². The predicted octanol–water partition coefficient (Wildman–Crippen LogP) is 8.62. The van der Waals surface area contributed by atoms with Gasteiger partial charge in [-0.25, -0.2) is 4.98 Å². The predicted molar refractivity (Wildman–Crippen MR) is 174 cm³/mol. The minimum Gasteiger partial charge on any atom is -0.493 e. The normalized spacial score (nSPS) is 12.6. The number of thiophene rings is 1. The number of allylic oxidation sites excluding steroid dienone is 4. The maximum atomic E-state index is 13.2. The molecule has 0 aliphatic heterocycles. The van der Waals surface area contributed by atoms with E-state index in [1.807, 2.05) is 12.1 Å². The highest BCUT2D eigenvalue weighted by molar-refractivity contribution is 7.25. The summed E-state index contributed by atoms with van der Waals surface area (Å²) >= 11 is 1.37. The van der Waals surface area contributed by atoms with Crippen molar-refractivity contribution in [1.29, 1.82) is 0 Å². The van der Waals surface area contributed by atoms with Crippen LogP contribution in [0.15, 0.2) is 47.6 Å². The van der Waals surface area contributed by atoms with E-state index in [-0.39, 0.29) is 18.1 Å². The first-order valence-electron chi connectivity index (χ1n) is 15.5. The molecule has 0 spiro atoms. The van der Waals surface area contributed by atoms with E-state index in [0.29, 0.717) is 28.3 Å². The molecule has 230 valence electrons. The highest BCUT2D eigenvalue weighted by Gasteiger charge is 2.19. The summed E-state index contributed by atoms with van der Waals surface area (Å²) in [5.74, 6) is 0.469. The Kier molecular flexibility index (Phi) is 14.6. The van der Waals surface area contributed by atoms with Crippen molar-refractivity contribution in [3.05, 3.63) is 53.1 Å². The summed E-state index contributed by atoms with van der Waals surface area (Å²) in [4.78, 5) is 30.3. The molecule has 0 amide bonds. The maximum absolute atomic E-state index is 13.2. The summed E-state index contributed by atoms with van der Waals surface area (Å²) in [6.07, 6.45) is 24.7. The van der Waals surface area contributed by atoms with Gasteiger partial charge in [0.1, 0.15) is 4.70 Å². The number of methoxy groups -OCH3 is 2. The fourth-order valence-corrected chi connectivity index (χ4v) is 6.01. The van der Waals surface area contributed by atoms with E-state index < -0.39 is 5.92 Å². The average molecular weight is 597 g/mol. The van der Waals surface area contributed by atoms with E-state index in [4.69, 9.17) is 14.2 Å². The van der Waals surface area contributed by atoms with Crippen molar-refractivity contribution in [2.75, 3.05) is 20.8 Å². The van der Waals surface area contributed by atoms with E-state index in [9.17, 15) is 9.59 Å². The zero-order valence-electron chi connectivity index (χ0n) is 25.9. The van der Waals surface area contributed by atoms with Crippen molar-refractivity contribution < 1.29 is 19.0 Å². The van der Waals surface area contributed by atoms with Crippen LogP contribution in [0.1, 0.15) is 90.9 Å². The third kappa shape index (κ3) is 10.0. The van der Waals surface area contributed by atoms with Crippen molar-refractivity contribution in [2.45, 2.75) is 97.4 Å². The molecule has 0 aliphatic rings. The Labute approximate surface area is 254 Å². The first-order valence-corrected chi connectivity index (χ1v) is 16.3. The smallest absolute Gasteiger partial charge is 0.310 e. The average Bonchev–Trinajstić information content (AvgIpc) is 3.37. The van der Waals surface area contributed by atoms with Crippen LogP contribution in [0, 0.1) is 5.92 Å². The SMILES string of the molecule is CCCCC/C=C\C/C=C\CCCCCCCCOC(=O)[C@@H](C)Cn1cnc2c(sc3cc(OC)c(OC)cc32)c1=O. The number of hydrogen-bond donors (Lipinski definition) is 0. The van der Waals surface area contributed by atoms with Gasteiger partial charge in [0.05, 0.1) is 38.6 Å². The van der Waals surface area contributed by atoms with Gasteiger partial charge in [-0.2, -0.15) is 0 Å². The summed E-state index contributed by atoms with van der Waals surface area (Å²) in [5.41, 5.74) is 0.466. The number of carbonyl (C=O) groups excluding carboxylic acids is 1. The molecule has 0 unspecified atom stereocenters. The summed E-state index contributed by atoms with van der Waals surface area (Å²) in [7, 11) is 3.16. The van der Waals surface area contributed by atoms with E-state index in [1.165, 1.54) is 67.2 Å². The molecule has 7 nitrogen and oxygen atoms in total. The lowest BCUT2D eigenvalue weighted by Gasteiger charge is -2.13. The Morgan fingerprint density at radius 1 is 0.929 bits per heavy atom. The minimum absolute atomic E-state index is 0.163. The van der Waals surface area contributed by atoms with Gasteiger partial charge in [0.2, 0.25) is 0 Å². The summed E-state index contributed by atoms with van der Waals surface area (Å²) in [6, 6.07) is 3.70. The first kappa shape index (κ1) is 33.4. The van der Waals surface area contributed by atoms with Gasteiger partial charge in [-0.1, -0.05) is 76.7 Å². The Hall–Kier alpha value is -3.13. The van der Waals surface area contributed by atoms with Gasteiger partial charge in [0.15, 0.2) is 11.5 Å². The van der Waals surface area contributed by atoms with E-state index in [2.05, 4.69) is 36.2 Å². The van der Waals surface area contributed by atoms with E-state index >= 15 is 0 Å². The van der Waals surface area contributed by atoms with Crippen LogP contribution in [0.3, 0.4) is 0 Å². The van der Waals surface area contributed by atoms with Crippen LogP contribution in [0.4, 0.5) is 0 Å². The lowest BCUT2D eigenvalue weighted by molar-refractivity contribution is -0.148. The number of hydrogen-bond acceptors (Lipinski definition) is 7. The molecule has 0 aliphatic carbocycles. The summed E-state index contributed by atoms with van der Waals surface area (Å²) in [6.45, 7) is 4.68. The molecule has 3 aromatic rings. The van der Waals surface area contributed by atoms with Crippen LogP contribution in [0.2, 0.25) is 0 Å². The van der Waals surface area contributed by atoms with Crippen molar-refractivity contribution in [3.63, 3.8) is 0 Å². The summed E-state index contributed by atoms with van der Waals surface area (Å²) < 4.78 is 19.2. The molecular formula is C34H48N2O5S. The molecule has 0 saturated carbocycles. The number of nitrogens with zero attached hydrogens (tertiary/aromatic N) is 2. The second-order valence-electron chi connectivity index (χ2n) is 10.8. The number of ether oxygens (including phenoxy) is 3. The minimum atomic E-state index is -0.443. The zero-order chi connectivity index (χ0) is 30.2. The molecular weight excluding hydrogens is 548 g/mol. The Balaban J connectivity index is 1.32. The highest BCUT2D eigenvalue weighted by Crippen LogP contribution is 2.38. The molecule has 0 saturated heterocycles. The number of carbonyl (C=O) groups is 1. The number of unbranched alkanes of at least 4 members (excludes halogenated alkanes) is 9. The van der Waals surface area contributed by atoms with Crippen LogP contribution < -0.4 is 15.0 Å². The van der Waals surface area contributed by atoms with Gasteiger partial charge >= 0.3 is 5.97 Å². The largest absolute Gasteiger partial charge is 0.493 e. The van der Waals surface area contributed by atoms with Crippen molar-refractivity contribution in [1.82, 2.24) is 9.55 Å². The number of aromatic nitrogens is 2. The van der Waals surface area contributed by atoms with Crippen LogP contribution in [-0.4, -0.2) is 36.3 Å². The molecule has 0 radical (unpaired) electrons. The monoisotopic (exact) mass is 596 g/mol. The van der Waals surface area contributed by atoms with Crippen LogP contribution in [0.5, 0.6) is 11.5 Å². The topological polar surface area (TPSA) is 79.7 Å². The molecule has 1 aromatic carbocycles. The summed E-state index contributed by atoms with van der Waals surface area (Å²) in [5, 5.41) is 0.845. The van der Waals surface area contributed by atoms with Crippen molar-refractivity contribution in [2.24, 2.45) is 5.92 Å². The quantitative estimate of drug-likeness (QED) is 0.0738. The molecule has 2 aromatic heterocycles. The van der Waals surface area contributed by atoms with E-state index in [0.717, 1.165) is 42.2 Å². The Morgan fingerprint density at radius 3 is 2.26 bits per heavy atom. The second-order valence-corrected chi connectivity index (χ2v) is 11.9. The van der Waals surface area contributed by atoms with Gasteiger partial charge in [0, 0.05) is 22.7 Å². The third-order valence-corrected chi connectivity index (χ3v) is 8.54. The van der Waals surface area contributed by atoms with Gasteiger partial charge < -0.3 is 14.2 Å². The molecule has 1 atom stereocenters. The highest BCUT2D eigenvalue weighted by atomic mass is 32.1. The molecule has 2 heterocycles. The van der Waals surface area contributed by atoms with Gasteiger partial charge in [-0.3, -0.25) is 14.2 Å². The second kappa shape index (κ2) is 18.4. The molecule has 42 heavy (non-hydrogen) atoms. The molecule has 3 rings (SSSR count). The number of fused-ring (bicyclic) bond motifs is 3.